The zero-order valence-electron chi connectivity index (χ0n) is 7.20. The molecule has 0 aromatic carbocycles. The smallest absolute Gasteiger partial charge is 0.169 e. The fourth-order valence-electron chi connectivity index (χ4n) is 1.17. The Balaban J connectivity index is 2.14. The molecule has 0 aliphatic rings. The Morgan fingerprint density at radius 3 is 3.00 bits per heavy atom. The standard InChI is InChI=1S/C9H9BrN2O/c1-7-3-11-12(4-7)5-8-2-9(10)13-6-8/h2-4,6H,5H2,1H3. The zero-order chi connectivity index (χ0) is 9.26. The van der Waals surface area contributed by atoms with Crippen LogP contribution in [0, 0.1) is 6.92 Å². The van der Waals surface area contributed by atoms with E-state index in [4.69, 9.17) is 4.42 Å². The average molecular weight is 241 g/mol. The van der Waals surface area contributed by atoms with E-state index in [0.717, 1.165) is 16.8 Å². The predicted molar refractivity (Wildman–Crippen MR) is 52.5 cm³/mol. The lowest BCUT2D eigenvalue weighted by Gasteiger charge is -1.95. The summed E-state index contributed by atoms with van der Waals surface area (Å²) in [6.45, 7) is 2.78. The largest absolute Gasteiger partial charge is 0.457 e. The third kappa shape index (κ3) is 2.01. The van der Waals surface area contributed by atoms with Crippen LogP contribution < -0.4 is 0 Å². The number of aryl methyl sites for hydroxylation is 1. The second-order valence-corrected chi connectivity index (χ2v) is 3.76. The van der Waals surface area contributed by atoms with E-state index in [-0.39, 0.29) is 0 Å². The first-order valence-electron chi connectivity index (χ1n) is 3.96. The van der Waals surface area contributed by atoms with Crippen molar-refractivity contribution in [2.75, 3.05) is 0 Å². The number of rotatable bonds is 2. The maximum atomic E-state index is 5.12. The molecule has 0 saturated heterocycles. The van der Waals surface area contributed by atoms with Gasteiger partial charge in [0.1, 0.15) is 0 Å². The molecule has 2 aromatic heterocycles. The van der Waals surface area contributed by atoms with Crippen molar-refractivity contribution < 1.29 is 4.42 Å². The Morgan fingerprint density at radius 2 is 2.46 bits per heavy atom. The summed E-state index contributed by atoms with van der Waals surface area (Å²) < 4.78 is 7.76. The average Bonchev–Trinajstić information content (AvgIpc) is 2.62. The summed E-state index contributed by atoms with van der Waals surface area (Å²) in [5.74, 6) is 0. The SMILES string of the molecule is Cc1cnn(Cc2coc(Br)c2)c1. The van der Waals surface area contributed by atoms with Crippen molar-refractivity contribution in [3.05, 3.63) is 40.5 Å². The summed E-state index contributed by atoms with van der Waals surface area (Å²) in [7, 11) is 0. The summed E-state index contributed by atoms with van der Waals surface area (Å²) in [6.07, 6.45) is 5.57. The van der Waals surface area contributed by atoms with Gasteiger partial charge in [0.2, 0.25) is 0 Å². The molecule has 3 nitrogen and oxygen atoms in total. The van der Waals surface area contributed by atoms with Gasteiger partial charge in [0.05, 0.1) is 19.0 Å². The van der Waals surface area contributed by atoms with Crippen LogP contribution in [0.15, 0.2) is 33.8 Å². The minimum atomic E-state index is 0.753. The van der Waals surface area contributed by atoms with E-state index in [2.05, 4.69) is 21.0 Å². The molecular formula is C9H9BrN2O. The Labute approximate surface area is 84.5 Å². The maximum absolute atomic E-state index is 5.12. The summed E-state index contributed by atoms with van der Waals surface area (Å²) >= 11 is 3.25. The van der Waals surface area contributed by atoms with Gasteiger partial charge in [-0.05, 0) is 34.5 Å². The van der Waals surface area contributed by atoms with Gasteiger partial charge in [-0.3, -0.25) is 4.68 Å². The molecule has 0 aliphatic carbocycles. The highest BCUT2D eigenvalue weighted by atomic mass is 79.9. The Hall–Kier alpha value is -1.03. The van der Waals surface area contributed by atoms with Crippen molar-refractivity contribution in [1.29, 1.82) is 0 Å². The summed E-state index contributed by atoms with van der Waals surface area (Å²) in [5, 5.41) is 4.18. The third-order valence-corrected chi connectivity index (χ3v) is 2.14. The van der Waals surface area contributed by atoms with Crippen LogP contribution in [0.4, 0.5) is 0 Å². The molecule has 2 aromatic rings. The highest BCUT2D eigenvalue weighted by molar-refractivity contribution is 9.10. The van der Waals surface area contributed by atoms with E-state index in [1.165, 1.54) is 5.56 Å². The van der Waals surface area contributed by atoms with Crippen LogP contribution in [0.25, 0.3) is 0 Å². The number of hydrogen-bond donors (Lipinski definition) is 0. The highest BCUT2D eigenvalue weighted by Crippen LogP contribution is 2.14. The molecule has 13 heavy (non-hydrogen) atoms. The molecule has 0 unspecified atom stereocenters. The molecule has 2 rings (SSSR count). The first-order chi connectivity index (χ1) is 6.24. The fourth-order valence-corrected chi connectivity index (χ4v) is 1.56. The van der Waals surface area contributed by atoms with Crippen LogP contribution in [-0.2, 0) is 6.54 Å². The molecule has 0 fully saturated rings. The quantitative estimate of drug-likeness (QED) is 0.809. The van der Waals surface area contributed by atoms with Crippen LogP contribution in [0.2, 0.25) is 0 Å². The van der Waals surface area contributed by atoms with Crippen LogP contribution in [0.5, 0.6) is 0 Å². The molecule has 2 heterocycles. The normalized spacial score (nSPS) is 10.6. The minimum absolute atomic E-state index is 0.753. The van der Waals surface area contributed by atoms with Gasteiger partial charge in [-0.25, -0.2) is 0 Å². The van der Waals surface area contributed by atoms with Gasteiger partial charge < -0.3 is 4.42 Å². The Bertz CT molecular complexity index is 367. The van der Waals surface area contributed by atoms with E-state index in [9.17, 15) is 0 Å². The van der Waals surface area contributed by atoms with Gasteiger partial charge in [0.25, 0.3) is 0 Å². The van der Waals surface area contributed by atoms with Crippen molar-refractivity contribution in [2.45, 2.75) is 13.5 Å². The van der Waals surface area contributed by atoms with Crippen molar-refractivity contribution in [3.8, 4) is 0 Å². The maximum Gasteiger partial charge on any atom is 0.169 e. The molecule has 68 valence electrons. The monoisotopic (exact) mass is 240 g/mol. The molecule has 0 N–H and O–H groups in total. The van der Waals surface area contributed by atoms with Gasteiger partial charge in [-0.1, -0.05) is 0 Å². The lowest BCUT2D eigenvalue weighted by atomic mass is 10.3. The lowest BCUT2D eigenvalue weighted by Crippen LogP contribution is -1.97. The first kappa shape index (κ1) is 8.56. The van der Waals surface area contributed by atoms with Gasteiger partial charge >= 0.3 is 0 Å². The number of furan rings is 1. The Morgan fingerprint density at radius 1 is 1.62 bits per heavy atom. The number of nitrogens with zero attached hydrogens (tertiary/aromatic N) is 2. The first-order valence-corrected chi connectivity index (χ1v) is 4.75. The van der Waals surface area contributed by atoms with Gasteiger partial charge in [0.15, 0.2) is 4.67 Å². The van der Waals surface area contributed by atoms with E-state index >= 15 is 0 Å². The molecular weight excluding hydrogens is 232 g/mol. The summed E-state index contributed by atoms with van der Waals surface area (Å²) in [5.41, 5.74) is 2.28. The molecule has 0 aliphatic heterocycles. The second-order valence-electron chi connectivity index (χ2n) is 2.97. The molecule has 0 atom stereocenters. The van der Waals surface area contributed by atoms with Gasteiger partial charge in [-0.2, -0.15) is 5.10 Å². The zero-order valence-corrected chi connectivity index (χ0v) is 8.78. The minimum Gasteiger partial charge on any atom is -0.457 e. The van der Waals surface area contributed by atoms with Crippen molar-refractivity contribution >= 4 is 15.9 Å². The van der Waals surface area contributed by atoms with E-state index in [1.807, 2.05) is 30.1 Å². The number of aromatic nitrogens is 2. The van der Waals surface area contributed by atoms with Crippen LogP contribution in [0.3, 0.4) is 0 Å². The van der Waals surface area contributed by atoms with E-state index in [0.29, 0.717) is 0 Å². The van der Waals surface area contributed by atoms with Gasteiger partial charge in [0, 0.05) is 11.8 Å². The van der Waals surface area contributed by atoms with Crippen molar-refractivity contribution in [2.24, 2.45) is 0 Å². The summed E-state index contributed by atoms with van der Waals surface area (Å²) in [6, 6.07) is 1.94. The molecule has 0 amide bonds. The van der Waals surface area contributed by atoms with Crippen molar-refractivity contribution in [3.63, 3.8) is 0 Å². The molecule has 0 bridgehead atoms. The van der Waals surface area contributed by atoms with E-state index in [1.54, 1.807) is 6.26 Å². The van der Waals surface area contributed by atoms with Crippen LogP contribution >= 0.6 is 15.9 Å². The van der Waals surface area contributed by atoms with Gasteiger partial charge in [-0.15, -0.1) is 0 Å². The summed E-state index contributed by atoms with van der Waals surface area (Å²) in [4.78, 5) is 0. The topological polar surface area (TPSA) is 31.0 Å². The van der Waals surface area contributed by atoms with Crippen LogP contribution in [0.1, 0.15) is 11.1 Å². The van der Waals surface area contributed by atoms with Crippen molar-refractivity contribution in [1.82, 2.24) is 9.78 Å². The lowest BCUT2D eigenvalue weighted by molar-refractivity contribution is 0.535. The molecule has 0 radical (unpaired) electrons. The Kier molecular flexibility index (Phi) is 2.22. The molecule has 0 spiro atoms. The number of hydrogen-bond acceptors (Lipinski definition) is 2. The van der Waals surface area contributed by atoms with Crippen LogP contribution in [-0.4, -0.2) is 9.78 Å². The number of halogens is 1. The van der Waals surface area contributed by atoms with E-state index < -0.39 is 0 Å². The molecule has 4 heteroatoms. The third-order valence-electron chi connectivity index (χ3n) is 1.73. The predicted octanol–water partition coefficient (Wildman–Crippen LogP) is 2.60. The fraction of sp³-hybridized carbons (Fsp3) is 0.222. The molecule has 0 saturated carbocycles. The highest BCUT2D eigenvalue weighted by Gasteiger charge is 2.00. The second kappa shape index (κ2) is 3.38.